The van der Waals surface area contributed by atoms with Crippen LogP contribution in [0.3, 0.4) is 0 Å². The van der Waals surface area contributed by atoms with E-state index in [0.29, 0.717) is 22.6 Å². The van der Waals surface area contributed by atoms with E-state index in [1.165, 1.54) is 56.4 Å². The van der Waals surface area contributed by atoms with Gasteiger partial charge >= 0.3 is 0 Å². The van der Waals surface area contributed by atoms with Gasteiger partial charge in [0.15, 0.2) is 0 Å². The summed E-state index contributed by atoms with van der Waals surface area (Å²) in [6, 6.07) is 12.1. The first-order chi connectivity index (χ1) is 16.0. The van der Waals surface area contributed by atoms with Gasteiger partial charge < -0.3 is 10.2 Å². The lowest BCUT2D eigenvalue weighted by Gasteiger charge is -2.56. The van der Waals surface area contributed by atoms with Crippen LogP contribution in [0.1, 0.15) is 54.4 Å². The molecule has 4 nitrogen and oxygen atoms in total. The molecule has 0 atom stereocenters. The lowest BCUT2D eigenvalue weighted by Crippen LogP contribution is -2.51. The molecule has 4 bridgehead atoms. The van der Waals surface area contributed by atoms with Gasteiger partial charge in [0, 0.05) is 22.6 Å². The van der Waals surface area contributed by atoms with Crippen LogP contribution in [0.2, 0.25) is 0 Å². The fourth-order valence-corrected chi connectivity index (χ4v) is 8.11. The Labute approximate surface area is 198 Å². The van der Waals surface area contributed by atoms with Crippen LogP contribution in [-0.2, 0) is 11.3 Å². The predicted octanol–water partition coefficient (Wildman–Crippen LogP) is 5.41. The molecule has 172 valence electrons. The Hall–Kier alpha value is -2.34. The molecular weight excluding hydrogens is 435 g/mol. The summed E-state index contributed by atoms with van der Waals surface area (Å²) in [6.45, 7) is 0.913. The molecule has 6 heteroatoms. The van der Waals surface area contributed by atoms with Crippen molar-refractivity contribution in [1.29, 1.82) is 0 Å². The SMILES string of the molecule is O=C(NCC12CC3CC(CC(C3)C1)C2)c1ccc2c(c1)N(Cc1ccccc1F)C(=O)CS2. The number of benzene rings is 2. The number of hydrogen-bond acceptors (Lipinski definition) is 3. The van der Waals surface area contributed by atoms with Gasteiger partial charge in [-0.1, -0.05) is 18.2 Å². The highest BCUT2D eigenvalue weighted by atomic mass is 32.2. The molecule has 1 N–H and O–H groups in total. The Morgan fingerprint density at radius 3 is 2.45 bits per heavy atom. The summed E-state index contributed by atoms with van der Waals surface area (Å²) in [4.78, 5) is 28.4. The van der Waals surface area contributed by atoms with Crippen LogP contribution in [-0.4, -0.2) is 24.1 Å². The zero-order chi connectivity index (χ0) is 22.6. The number of hydrogen-bond donors (Lipinski definition) is 1. The van der Waals surface area contributed by atoms with E-state index in [2.05, 4.69) is 5.32 Å². The third-order valence-electron chi connectivity index (χ3n) is 8.24. The zero-order valence-corrected chi connectivity index (χ0v) is 19.5. The van der Waals surface area contributed by atoms with Gasteiger partial charge in [-0.15, -0.1) is 11.8 Å². The summed E-state index contributed by atoms with van der Waals surface area (Å²) < 4.78 is 14.3. The first-order valence-electron chi connectivity index (χ1n) is 12.1. The molecule has 4 aliphatic carbocycles. The minimum atomic E-state index is -0.324. The molecule has 5 aliphatic rings. The highest BCUT2D eigenvalue weighted by molar-refractivity contribution is 8.00. The van der Waals surface area contributed by atoms with E-state index in [9.17, 15) is 14.0 Å². The fraction of sp³-hybridized carbons (Fsp3) is 0.481. The Bertz CT molecular complexity index is 1080. The molecule has 1 heterocycles. The summed E-state index contributed by atoms with van der Waals surface area (Å²) in [5.41, 5.74) is 2.01. The Morgan fingerprint density at radius 1 is 1.06 bits per heavy atom. The second-order valence-electron chi connectivity index (χ2n) is 10.6. The average Bonchev–Trinajstić information content (AvgIpc) is 2.79. The van der Waals surface area contributed by atoms with Crippen molar-refractivity contribution >= 4 is 29.3 Å². The molecule has 2 amide bonds. The fourth-order valence-electron chi connectivity index (χ4n) is 7.19. The smallest absolute Gasteiger partial charge is 0.251 e. The van der Waals surface area contributed by atoms with Crippen LogP contribution in [0, 0.1) is 29.0 Å². The number of amides is 2. The molecule has 0 radical (unpaired) electrons. The first kappa shape index (κ1) is 21.2. The Morgan fingerprint density at radius 2 is 1.76 bits per heavy atom. The molecule has 4 saturated carbocycles. The van der Waals surface area contributed by atoms with Crippen LogP contribution >= 0.6 is 11.8 Å². The Kier molecular flexibility index (Phi) is 5.24. The molecule has 0 saturated heterocycles. The topological polar surface area (TPSA) is 49.4 Å². The number of nitrogens with one attached hydrogen (secondary N) is 1. The maximum atomic E-state index is 14.3. The largest absolute Gasteiger partial charge is 0.351 e. The normalized spacial score (nSPS) is 29.8. The number of carbonyl (C=O) groups is 2. The number of carbonyl (C=O) groups excluding carboxylic acids is 2. The van der Waals surface area contributed by atoms with Crippen molar-refractivity contribution in [3.8, 4) is 0 Å². The van der Waals surface area contributed by atoms with Gasteiger partial charge in [-0.25, -0.2) is 4.39 Å². The first-order valence-corrected chi connectivity index (χ1v) is 13.1. The molecular formula is C27H29FN2O2S. The van der Waals surface area contributed by atoms with E-state index < -0.39 is 0 Å². The number of rotatable bonds is 5. The van der Waals surface area contributed by atoms with Gasteiger partial charge in [0.25, 0.3) is 5.91 Å². The summed E-state index contributed by atoms with van der Waals surface area (Å²) >= 11 is 1.47. The number of anilines is 1. The summed E-state index contributed by atoms with van der Waals surface area (Å²) in [5.74, 6) is 2.41. The quantitative estimate of drug-likeness (QED) is 0.644. The van der Waals surface area contributed by atoms with Gasteiger partial charge in [0.05, 0.1) is 18.0 Å². The van der Waals surface area contributed by atoms with Crippen LogP contribution in [0.4, 0.5) is 10.1 Å². The van der Waals surface area contributed by atoms with Crippen molar-refractivity contribution < 1.29 is 14.0 Å². The Balaban J connectivity index is 1.20. The summed E-state index contributed by atoms with van der Waals surface area (Å²) in [5, 5.41) is 3.24. The summed E-state index contributed by atoms with van der Waals surface area (Å²) in [7, 11) is 0. The molecule has 2 aromatic carbocycles. The van der Waals surface area contributed by atoms with E-state index in [4.69, 9.17) is 0 Å². The van der Waals surface area contributed by atoms with Crippen LogP contribution < -0.4 is 10.2 Å². The van der Waals surface area contributed by atoms with E-state index >= 15 is 0 Å². The predicted molar refractivity (Wildman–Crippen MR) is 128 cm³/mol. The van der Waals surface area contributed by atoms with Gasteiger partial charge in [-0.3, -0.25) is 9.59 Å². The molecule has 4 fully saturated rings. The van der Waals surface area contributed by atoms with Crippen molar-refractivity contribution in [1.82, 2.24) is 5.32 Å². The molecule has 7 rings (SSSR count). The van der Waals surface area contributed by atoms with Gasteiger partial charge in [0.2, 0.25) is 5.91 Å². The second-order valence-corrected chi connectivity index (χ2v) is 11.7. The van der Waals surface area contributed by atoms with E-state index in [1.807, 2.05) is 12.1 Å². The standard InChI is InChI=1S/C27H29FN2O2S/c28-22-4-2-1-3-21(22)14-30-23-10-20(5-6-24(23)33-15-25(30)31)26(32)29-16-27-11-17-7-18(12-27)9-19(8-17)13-27/h1-6,10,17-19H,7-9,11-16H2,(H,29,32). The van der Waals surface area contributed by atoms with Crippen molar-refractivity contribution in [3.05, 3.63) is 59.4 Å². The molecule has 0 spiro atoms. The minimum Gasteiger partial charge on any atom is -0.351 e. The highest BCUT2D eigenvalue weighted by Crippen LogP contribution is 2.59. The molecule has 33 heavy (non-hydrogen) atoms. The van der Waals surface area contributed by atoms with E-state index in [-0.39, 0.29) is 29.6 Å². The van der Waals surface area contributed by atoms with E-state index in [1.54, 1.807) is 29.2 Å². The zero-order valence-electron chi connectivity index (χ0n) is 18.7. The second kappa shape index (κ2) is 8.15. The van der Waals surface area contributed by atoms with Crippen LogP contribution in [0.5, 0.6) is 0 Å². The minimum absolute atomic E-state index is 0.0677. The molecule has 2 aromatic rings. The number of nitrogens with zero attached hydrogens (tertiary/aromatic N) is 1. The van der Waals surface area contributed by atoms with Gasteiger partial charge in [0.1, 0.15) is 5.82 Å². The van der Waals surface area contributed by atoms with Crippen molar-refractivity contribution in [3.63, 3.8) is 0 Å². The lowest BCUT2D eigenvalue weighted by atomic mass is 9.49. The third kappa shape index (κ3) is 3.96. The number of halogens is 1. The van der Waals surface area contributed by atoms with E-state index in [0.717, 1.165) is 29.2 Å². The third-order valence-corrected chi connectivity index (χ3v) is 9.29. The van der Waals surface area contributed by atoms with Crippen molar-refractivity contribution in [2.45, 2.75) is 50.0 Å². The highest BCUT2D eigenvalue weighted by Gasteiger charge is 2.50. The monoisotopic (exact) mass is 464 g/mol. The van der Waals surface area contributed by atoms with Crippen LogP contribution in [0.15, 0.2) is 47.4 Å². The maximum Gasteiger partial charge on any atom is 0.251 e. The van der Waals surface area contributed by atoms with Crippen molar-refractivity contribution in [2.75, 3.05) is 17.2 Å². The average molecular weight is 465 g/mol. The number of fused-ring (bicyclic) bond motifs is 1. The maximum absolute atomic E-state index is 14.3. The number of thioether (sulfide) groups is 1. The molecule has 0 aromatic heterocycles. The molecule has 1 aliphatic heterocycles. The van der Waals surface area contributed by atoms with Gasteiger partial charge in [-0.2, -0.15) is 0 Å². The van der Waals surface area contributed by atoms with Crippen LogP contribution in [0.25, 0.3) is 0 Å². The van der Waals surface area contributed by atoms with Gasteiger partial charge in [-0.05, 0) is 86.0 Å². The molecule has 0 unspecified atom stereocenters. The lowest BCUT2D eigenvalue weighted by molar-refractivity contribution is -0.116. The summed E-state index contributed by atoms with van der Waals surface area (Å²) in [6.07, 6.45) is 7.94. The van der Waals surface area contributed by atoms with Crippen molar-refractivity contribution in [2.24, 2.45) is 23.2 Å².